The number of hydrogen-bond donors (Lipinski definition) is 1. The molecular weight excluding hydrogens is 198 g/mol. The smallest absolute Gasteiger partial charge is 0.134 e. The molecule has 0 saturated carbocycles. The summed E-state index contributed by atoms with van der Waals surface area (Å²) < 4.78 is 0. The van der Waals surface area contributed by atoms with Crippen molar-refractivity contribution in [1.29, 1.82) is 0 Å². The molecule has 0 spiro atoms. The Hall–Kier alpha value is 0.177. The molecule has 0 heterocycles. The summed E-state index contributed by atoms with van der Waals surface area (Å²) in [6.07, 6.45) is 3.96. The van der Waals surface area contributed by atoms with Crippen molar-refractivity contribution in [2.24, 2.45) is 0 Å². The lowest BCUT2D eigenvalue weighted by atomic mass is 10.3. The van der Waals surface area contributed by atoms with Gasteiger partial charge in [-0.05, 0) is 23.7 Å². The highest BCUT2D eigenvalue weighted by molar-refractivity contribution is 6.81. The molecule has 0 aromatic rings. The Morgan fingerprint density at radius 2 is 1.07 bits per heavy atom. The zero-order valence-electron chi connectivity index (χ0n) is 11.9. The van der Waals surface area contributed by atoms with Crippen molar-refractivity contribution in [2.75, 3.05) is 7.05 Å². The molecule has 0 bridgehead atoms. The van der Waals surface area contributed by atoms with Crippen LogP contribution in [-0.2, 0) is 0 Å². The monoisotopic (exact) mass is 229 g/mol. The summed E-state index contributed by atoms with van der Waals surface area (Å²) in [5.74, 6) is 0. The van der Waals surface area contributed by atoms with Crippen LogP contribution in [0.15, 0.2) is 0 Å². The quantitative estimate of drug-likeness (QED) is 0.632. The minimum Gasteiger partial charge on any atom is -0.339 e. The fourth-order valence-corrected chi connectivity index (χ4v) is 9.63. The summed E-state index contributed by atoms with van der Waals surface area (Å²) in [5.41, 5.74) is 2.65. The standard InChI is InChI=1S/C13H31NSi/c1-8-11(4)15(14-7,12(5)9-2)13(6)10-3/h11-14H,8-10H2,1-7H3. The van der Waals surface area contributed by atoms with Crippen LogP contribution >= 0.6 is 0 Å². The van der Waals surface area contributed by atoms with Crippen molar-refractivity contribution in [3.05, 3.63) is 0 Å². The van der Waals surface area contributed by atoms with E-state index in [1.54, 1.807) is 0 Å². The van der Waals surface area contributed by atoms with Crippen molar-refractivity contribution in [3.63, 3.8) is 0 Å². The van der Waals surface area contributed by atoms with Crippen LogP contribution in [0, 0.1) is 0 Å². The number of hydrogen-bond acceptors (Lipinski definition) is 1. The summed E-state index contributed by atoms with van der Waals surface area (Å²) in [6, 6.07) is 0. The summed E-state index contributed by atoms with van der Waals surface area (Å²) >= 11 is 0. The van der Waals surface area contributed by atoms with E-state index in [0.29, 0.717) is 0 Å². The third-order valence-electron chi connectivity index (χ3n) is 4.72. The molecule has 0 aliphatic carbocycles. The summed E-state index contributed by atoms with van der Waals surface area (Å²) in [4.78, 5) is 3.81. The number of rotatable bonds is 7. The molecule has 0 aromatic heterocycles. The summed E-state index contributed by atoms with van der Waals surface area (Å²) in [7, 11) is 0.875. The largest absolute Gasteiger partial charge is 0.339 e. The molecule has 0 aromatic carbocycles. The Morgan fingerprint density at radius 3 is 1.20 bits per heavy atom. The maximum absolute atomic E-state index is 3.81. The van der Waals surface area contributed by atoms with Crippen LogP contribution in [-0.4, -0.2) is 15.3 Å². The van der Waals surface area contributed by atoms with Gasteiger partial charge in [0.05, 0.1) is 0 Å². The van der Waals surface area contributed by atoms with Crippen molar-refractivity contribution >= 4 is 8.24 Å². The van der Waals surface area contributed by atoms with E-state index >= 15 is 0 Å². The van der Waals surface area contributed by atoms with Crippen LogP contribution in [0.2, 0.25) is 16.6 Å². The second-order valence-electron chi connectivity index (χ2n) is 5.11. The van der Waals surface area contributed by atoms with E-state index in [1.807, 2.05) is 0 Å². The molecule has 0 aliphatic heterocycles. The molecule has 0 amide bonds. The molecule has 0 rings (SSSR count). The highest BCUT2D eigenvalue weighted by atomic mass is 28.3. The van der Waals surface area contributed by atoms with Gasteiger partial charge < -0.3 is 4.98 Å². The minimum absolute atomic E-state index is 0.882. The van der Waals surface area contributed by atoms with Gasteiger partial charge in [-0.15, -0.1) is 0 Å². The van der Waals surface area contributed by atoms with Gasteiger partial charge >= 0.3 is 0 Å². The van der Waals surface area contributed by atoms with Gasteiger partial charge in [-0.1, -0.05) is 60.8 Å². The molecule has 0 fully saturated rings. The molecule has 0 aliphatic rings. The van der Waals surface area contributed by atoms with Crippen LogP contribution in [0.4, 0.5) is 0 Å². The Balaban J connectivity index is 5.09. The van der Waals surface area contributed by atoms with Crippen LogP contribution in [0.5, 0.6) is 0 Å². The van der Waals surface area contributed by atoms with E-state index in [2.05, 4.69) is 53.6 Å². The van der Waals surface area contributed by atoms with Gasteiger partial charge in [0.25, 0.3) is 0 Å². The van der Waals surface area contributed by atoms with Crippen LogP contribution in [0.3, 0.4) is 0 Å². The molecule has 1 nitrogen and oxygen atoms in total. The molecule has 0 saturated heterocycles. The highest BCUT2D eigenvalue weighted by Gasteiger charge is 2.44. The van der Waals surface area contributed by atoms with Gasteiger partial charge in [0.15, 0.2) is 0 Å². The number of nitrogens with one attached hydrogen (secondary N) is 1. The van der Waals surface area contributed by atoms with Gasteiger partial charge in [0, 0.05) is 0 Å². The maximum atomic E-state index is 3.81. The average molecular weight is 229 g/mol. The zero-order chi connectivity index (χ0) is 12.1. The Labute approximate surface area is 98.1 Å². The van der Waals surface area contributed by atoms with Gasteiger partial charge in [0.2, 0.25) is 0 Å². The van der Waals surface area contributed by atoms with Crippen LogP contribution in [0.1, 0.15) is 60.8 Å². The third kappa shape index (κ3) is 2.85. The van der Waals surface area contributed by atoms with E-state index in [9.17, 15) is 0 Å². The predicted octanol–water partition coefficient (Wildman–Crippen LogP) is 4.55. The molecule has 0 radical (unpaired) electrons. The van der Waals surface area contributed by atoms with E-state index in [4.69, 9.17) is 0 Å². The lowest BCUT2D eigenvalue weighted by Gasteiger charge is -2.45. The van der Waals surface area contributed by atoms with Gasteiger partial charge in [0.1, 0.15) is 8.24 Å². The van der Waals surface area contributed by atoms with E-state index < -0.39 is 8.24 Å². The lowest BCUT2D eigenvalue weighted by molar-refractivity contribution is 0.659. The molecule has 3 unspecified atom stereocenters. The van der Waals surface area contributed by atoms with Crippen molar-refractivity contribution in [1.82, 2.24) is 4.98 Å². The second-order valence-corrected chi connectivity index (χ2v) is 10.4. The molecule has 1 N–H and O–H groups in total. The van der Waals surface area contributed by atoms with Gasteiger partial charge in [-0.3, -0.25) is 0 Å². The zero-order valence-corrected chi connectivity index (χ0v) is 12.9. The Morgan fingerprint density at radius 1 is 0.800 bits per heavy atom. The second kappa shape index (κ2) is 6.69. The summed E-state index contributed by atoms with van der Waals surface area (Å²) in [6.45, 7) is 14.4. The van der Waals surface area contributed by atoms with Gasteiger partial charge in [-0.2, -0.15) is 0 Å². The first-order chi connectivity index (χ1) is 7.00. The summed E-state index contributed by atoms with van der Waals surface area (Å²) in [5, 5.41) is 0. The molecule has 15 heavy (non-hydrogen) atoms. The SMILES string of the molecule is CCC(C)[Si](NC)(C(C)CC)C(C)CC. The fraction of sp³-hybridized carbons (Fsp3) is 1.00. The van der Waals surface area contributed by atoms with E-state index in [1.165, 1.54) is 19.3 Å². The van der Waals surface area contributed by atoms with Crippen LogP contribution in [0.25, 0.3) is 0 Å². The van der Waals surface area contributed by atoms with Crippen molar-refractivity contribution in [3.8, 4) is 0 Å². The predicted molar refractivity (Wildman–Crippen MR) is 74.0 cm³/mol. The minimum atomic E-state index is -1.33. The van der Waals surface area contributed by atoms with Gasteiger partial charge in [-0.25, -0.2) is 0 Å². The van der Waals surface area contributed by atoms with E-state index in [-0.39, 0.29) is 0 Å². The maximum Gasteiger partial charge on any atom is 0.134 e. The Kier molecular flexibility index (Phi) is 6.77. The molecule has 2 heteroatoms. The van der Waals surface area contributed by atoms with Crippen LogP contribution < -0.4 is 4.98 Å². The fourth-order valence-electron chi connectivity index (χ4n) is 3.21. The average Bonchev–Trinajstić information content (AvgIpc) is 2.29. The van der Waals surface area contributed by atoms with E-state index in [0.717, 1.165) is 16.6 Å². The first kappa shape index (κ1) is 15.2. The lowest BCUT2D eigenvalue weighted by Crippen LogP contribution is -2.57. The topological polar surface area (TPSA) is 12.0 Å². The Bertz CT molecular complexity index is 143. The molecule has 92 valence electrons. The first-order valence-electron chi connectivity index (χ1n) is 6.69. The van der Waals surface area contributed by atoms with Crippen molar-refractivity contribution < 1.29 is 0 Å². The molecular formula is C13H31NSi. The molecule has 3 atom stereocenters. The highest BCUT2D eigenvalue weighted by Crippen LogP contribution is 2.43. The van der Waals surface area contributed by atoms with Crippen molar-refractivity contribution in [2.45, 2.75) is 77.4 Å². The first-order valence-corrected chi connectivity index (χ1v) is 8.93. The third-order valence-corrected chi connectivity index (χ3v) is 11.7. The normalized spacial score (nSPS) is 21.8.